The monoisotopic (exact) mass is 139 g/mol. The van der Waals surface area contributed by atoms with Gasteiger partial charge in [-0.2, -0.15) is 0 Å². The molecule has 1 aromatic heterocycles. The molecular formula is C6H9N3O. The third kappa shape index (κ3) is 1.22. The summed E-state index contributed by atoms with van der Waals surface area (Å²) in [5.41, 5.74) is 0.708. The quantitative estimate of drug-likeness (QED) is 0.597. The minimum absolute atomic E-state index is 0.0269. The topological polar surface area (TPSA) is 50.9 Å². The van der Waals surface area contributed by atoms with Gasteiger partial charge in [0, 0.05) is 0 Å². The average Bonchev–Trinajstić information content (AvgIpc) is 2.36. The van der Waals surface area contributed by atoms with E-state index >= 15 is 0 Å². The zero-order valence-electron chi connectivity index (χ0n) is 5.56. The van der Waals surface area contributed by atoms with Crippen LogP contribution in [0, 0.1) is 0 Å². The number of hydrogen-bond acceptors (Lipinski definition) is 3. The average molecular weight is 139 g/mol. The Morgan fingerprint density at radius 1 is 1.80 bits per heavy atom. The van der Waals surface area contributed by atoms with Gasteiger partial charge < -0.3 is 5.11 Å². The highest BCUT2D eigenvalue weighted by molar-refractivity contribution is 4.92. The van der Waals surface area contributed by atoms with Crippen LogP contribution in [0.4, 0.5) is 0 Å². The lowest BCUT2D eigenvalue weighted by molar-refractivity contribution is 0.269. The molecule has 0 amide bonds. The summed E-state index contributed by atoms with van der Waals surface area (Å²) >= 11 is 0. The molecule has 0 radical (unpaired) electrons. The first kappa shape index (κ1) is 6.95. The highest BCUT2D eigenvalue weighted by Gasteiger charge is 1.97. The molecular weight excluding hydrogens is 130 g/mol. The van der Waals surface area contributed by atoms with Crippen LogP contribution in [0.1, 0.15) is 5.69 Å². The molecule has 0 unspecified atom stereocenters. The second-order valence-electron chi connectivity index (χ2n) is 1.85. The van der Waals surface area contributed by atoms with Crippen LogP contribution in [0.25, 0.3) is 0 Å². The molecule has 4 nitrogen and oxygen atoms in total. The van der Waals surface area contributed by atoms with Gasteiger partial charge in [0.05, 0.1) is 25.0 Å². The molecule has 10 heavy (non-hydrogen) atoms. The first-order chi connectivity index (χ1) is 4.88. The Balaban J connectivity index is 2.79. The highest BCUT2D eigenvalue weighted by Crippen LogP contribution is 1.94. The summed E-state index contributed by atoms with van der Waals surface area (Å²) in [4.78, 5) is 0. The lowest BCUT2D eigenvalue weighted by Gasteiger charge is -1.96. The summed E-state index contributed by atoms with van der Waals surface area (Å²) in [6, 6.07) is 0. The summed E-state index contributed by atoms with van der Waals surface area (Å²) in [6.45, 7) is 4.11. The third-order valence-electron chi connectivity index (χ3n) is 1.16. The van der Waals surface area contributed by atoms with Gasteiger partial charge in [0.1, 0.15) is 0 Å². The second-order valence-corrected chi connectivity index (χ2v) is 1.85. The summed E-state index contributed by atoms with van der Waals surface area (Å²) in [7, 11) is 0. The maximum absolute atomic E-state index is 8.70. The number of nitrogens with zero attached hydrogens (tertiary/aromatic N) is 3. The third-order valence-corrected chi connectivity index (χ3v) is 1.16. The van der Waals surface area contributed by atoms with Crippen LogP contribution in [-0.2, 0) is 13.2 Å². The van der Waals surface area contributed by atoms with Crippen molar-refractivity contribution in [3.63, 3.8) is 0 Å². The van der Waals surface area contributed by atoms with Crippen LogP contribution in [0.2, 0.25) is 0 Å². The molecule has 0 saturated heterocycles. The Labute approximate surface area is 58.8 Å². The van der Waals surface area contributed by atoms with Crippen LogP contribution in [0.5, 0.6) is 0 Å². The van der Waals surface area contributed by atoms with Crippen molar-refractivity contribution in [3.05, 3.63) is 24.5 Å². The highest BCUT2D eigenvalue weighted by atomic mass is 16.3. The fraction of sp³-hybridized carbons (Fsp3) is 0.333. The number of aliphatic hydroxyl groups excluding tert-OH is 1. The van der Waals surface area contributed by atoms with Crippen molar-refractivity contribution in [2.75, 3.05) is 0 Å². The smallest absolute Gasteiger partial charge is 0.0866 e. The molecule has 1 rings (SSSR count). The summed E-state index contributed by atoms with van der Waals surface area (Å²) in [5.74, 6) is 0. The maximum Gasteiger partial charge on any atom is 0.0866 e. The van der Waals surface area contributed by atoms with Gasteiger partial charge in [-0.1, -0.05) is 11.3 Å². The fourth-order valence-corrected chi connectivity index (χ4v) is 0.677. The molecule has 54 valence electrons. The molecule has 0 aliphatic heterocycles. The van der Waals surface area contributed by atoms with Crippen molar-refractivity contribution < 1.29 is 5.11 Å². The predicted octanol–water partition coefficient (Wildman–Crippen LogP) is -0.0436. The van der Waals surface area contributed by atoms with Gasteiger partial charge in [0.25, 0.3) is 0 Å². The largest absolute Gasteiger partial charge is 0.390 e. The van der Waals surface area contributed by atoms with Crippen LogP contribution in [-0.4, -0.2) is 20.1 Å². The van der Waals surface area contributed by atoms with Gasteiger partial charge in [-0.05, 0) is 0 Å². The number of hydrogen-bond donors (Lipinski definition) is 1. The van der Waals surface area contributed by atoms with Crippen molar-refractivity contribution >= 4 is 0 Å². The van der Waals surface area contributed by atoms with Crippen LogP contribution in [0.15, 0.2) is 18.9 Å². The molecule has 0 aliphatic carbocycles. The molecule has 0 aromatic carbocycles. The van der Waals surface area contributed by atoms with Crippen molar-refractivity contribution in [3.8, 4) is 0 Å². The zero-order valence-corrected chi connectivity index (χ0v) is 5.56. The Bertz CT molecular complexity index is 219. The first-order valence-corrected chi connectivity index (χ1v) is 2.97. The number of allylic oxidation sites excluding steroid dienone is 1. The summed E-state index contributed by atoms with van der Waals surface area (Å²) in [5, 5.41) is 16.0. The van der Waals surface area contributed by atoms with Gasteiger partial charge in [0.15, 0.2) is 0 Å². The van der Waals surface area contributed by atoms with E-state index in [4.69, 9.17) is 5.11 Å². The van der Waals surface area contributed by atoms with E-state index in [2.05, 4.69) is 16.9 Å². The maximum atomic E-state index is 8.70. The van der Waals surface area contributed by atoms with E-state index in [-0.39, 0.29) is 6.61 Å². The SMILES string of the molecule is C=CCn1nncc1CO. The molecule has 1 aromatic rings. The number of rotatable bonds is 3. The van der Waals surface area contributed by atoms with Gasteiger partial charge >= 0.3 is 0 Å². The fourth-order valence-electron chi connectivity index (χ4n) is 0.677. The normalized spacial score (nSPS) is 9.70. The minimum Gasteiger partial charge on any atom is -0.390 e. The molecule has 1 heterocycles. The molecule has 0 aliphatic rings. The molecule has 0 fully saturated rings. The Morgan fingerprint density at radius 2 is 2.60 bits per heavy atom. The standard InChI is InChI=1S/C6H9N3O/c1-2-3-9-6(5-10)4-7-8-9/h2,4,10H,1,3,5H2. The van der Waals surface area contributed by atoms with E-state index in [1.807, 2.05) is 0 Å². The van der Waals surface area contributed by atoms with Gasteiger partial charge in [-0.3, -0.25) is 0 Å². The van der Waals surface area contributed by atoms with Crippen molar-refractivity contribution in [2.45, 2.75) is 13.2 Å². The lowest BCUT2D eigenvalue weighted by atomic mass is 10.5. The van der Waals surface area contributed by atoms with Crippen LogP contribution < -0.4 is 0 Å². The van der Waals surface area contributed by atoms with E-state index in [9.17, 15) is 0 Å². The van der Waals surface area contributed by atoms with Crippen LogP contribution >= 0.6 is 0 Å². The number of aliphatic hydroxyl groups is 1. The van der Waals surface area contributed by atoms with Crippen molar-refractivity contribution in [2.24, 2.45) is 0 Å². The molecule has 0 bridgehead atoms. The van der Waals surface area contributed by atoms with E-state index in [0.717, 1.165) is 0 Å². The second kappa shape index (κ2) is 3.12. The Hall–Kier alpha value is -1.16. The van der Waals surface area contributed by atoms with Gasteiger partial charge in [-0.15, -0.1) is 11.7 Å². The van der Waals surface area contributed by atoms with E-state index in [1.165, 1.54) is 6.20 Å². The number of aromatic nitrogens is 3. The minimum atomic E-state index is -0.0269. The first-order valence-electron chi connectivity index (χ1n) is 2.97. The molecule has 0 spiro atoms. The lowest BCUT2D eigenvalue weighted by Crippen LogP contribution is -2.02. The Kier molecular flexibility index (Phi) is 2.17. The van der Waals surface area contributed by atoms with Gasteiger partial charge in [0.2, 0.25) is 0 Å². The van der Waals surface area contributed by atoms with Crippen molar-refractivity contribution in [1.82, 2.24) is 15.0 Å². The molecule has 4 heteroatoms. The van der Waals surface area contributed by atoms with E-state index in [0.29, 0.717) is 12.2 Å². The molecule has 1 N–H and O–H groups in total. The molecule has 0 saturated carbocycles. The van der Waals surface area contributed by atoms with E-state index in [1.54, 1.807) is 10.8 Å². The van der Waals surface area contributed by atoms with Gasteiger partial charge in [-0.25, -0.2) is 4.68 Å². The zero-order chi connectivity index (χ0) is 7.40. The molecule has 0 atom stereocenters. The van der Waals surface area contributed by atoms with Crippen molar-refractivity contribution in [1.29, 1.82) is 0 Å². The predicted molar refractivity (Wildman–Crippen MR) is 36.1 cm³/mol. The van der Waals surface area contributed by atoms with Crippen LogP contribution in [0.3, 0.4) is 0 Å². The summed E-state index contributed by atoms with van der Waals surface area (Å²) < 4.78 is 1.59. The Morgan fingerprint density at radius 3 is 3.20 bits per heavy atom. The van der Waals surface area contributed by atoms with E-state index < -0.39 is 0 Å². The summed E-state index contributed by atoms with van der Waals surface area (Å²) in [6.07, 6.45) is 3.23.